The lowest BCUT2D eigenvalue weighted by Gasteiger charge is -2.35. The van der Waals surface area contributed by atoms with Gasteiger partial charge in [0.15, 0.2) is 0 Å². The molecular weight excluding hydrogens is 370 g/mol. The van der Waals surface area contributed by atoms with Crippen molar-refractivity contribution in [2.45, 2.75) is 20.4 Å². The second kappa shape index (κ2) is 9.13. The number of carbonyl (C=O) groups is 2. The molecule has 0 bridgehead atoms. The first-order chi connectivity index (χ1) is 13.9. The number of ether oxygens (including phenoxy) is 1. The Morgan fingerprint density at radius 2 is 1.76 bits per heavy atom. The van der Waals surface area contributed by atoms with Gasteiger partial charge in [-0.3, -0.25) is 14.5 Å². The van der Waals surface area contributed by atoms with Crippen LogP contribution in [-0.4, -0.2) is 73.4 Å². The molecule has 1 aromatic heterocycles. The monoisotopic (exact) mass is 399 g/mol. The number of methoxy groups -OCH3 is 1. The fraction of sp³-hybridized carbons (Fsp3) is 0.455. The van der Waals surface area contributed by atoms with Gasteiger partial charge in [-0.05, 0) is 37.6 Å². The van der Waals surface area contributed by atoms with Gasteiger partial charge < -0.3 is 19.0 Å². The molecule has 7 heteroatoms. The van der Waals surface area contributed by atoms with Gasteiger partial charge in [-0.2, -0.15) is 0 Å². The summed E-state index contributed by atoms with van der Waals surface area (Å²) >= 11 is 0. The topological polar surface area (TPSA) is 66.2 Å². The highest BCUT2D eigenvalue weighted by Crippen LogP contribution is 2.17. The molecule has 0 unspecified atom stereocenters. The lowest BCUT2D eigenvalue weighted by Crippen LogP contribution is -2.51. The van der Waals surface area contributed by atoms with Crippen molar-refractivity contribution in [2.24, 2.45) is 0 Å². The van der Waals surface area contributed by atoms with Crippen LogP contribution in [0, 0.1) is 13.8 Å². The molecule has 2 amide bonds. The lowest BCUT2D eigenvalue weighted by atomic mass is 10.2. The predicted molar refractivity (Wildman–Crippen MR) is 110 cm³/mol. The van der Waals surface area contributed by atoms with E-state index in [0.29, 0.717) is 50.6 Å². The maximum Gasteiger partial charge on any atom is 0.257 e. The average molecular weight is 399 g/mol. The number of aryl methyl sites for hydroxylation is 2. The molecule has 1 aromatic carbocycles. The molecule has 2 heterocycles. The molecule has 0 radical (unpaired) electrons. The first-order valence-corrected chi connectivity index (χ1v) is 9.83. The van der Waals surface area contributed by atoms with E-state index in [1.165, 1.54) is 0 Å². The maximum absolute atomic E-state index is 12.7. The Bertz CT molecular complexity index is 851. The third kappa shape index (κ3) is 5.17. The second-order valence-electron chi connectivity index (χ2n) is 7.49. The smallest absolute Gasteiger partial charge is 0.257 e. The third-order valence-electron chi connectivity index (χ3n) is 5.29. The molecule has 156 valence electrons. The number of benzene rings is 1. The summed E-state index contributed by atoms with van der Waals surface area (Å²) in [5.74, 6) is 2.28. The van der Waals surface area contributed by atoms with Crippen LogP contribution in [0.4, 0.5) is 0 Å². The van der Waals surface area contributed by atoms with Gasteiger partial charge in [0.05, 0.1) is 19.2 Å². The Hall–Kier alpha value is -2.80. The van der Waals surface area contributed by atoms with E-state index >= 15 is 0 Å². The highest BCUT2D eigenvalue weighted by molar-refractivity contribution is 5.95. The van der Waals surface area contributed by atoms with Crippen LogP contribution in [0.1, 0.15) is 27.4 Å². The van der Waals surface area contributed by atoms with E-state index in [0.717, 1.165) is 17.1 Å². The van der Waals surface area contributed by atoms with Crippen LogP contribution in [0.25, 0.3) is 0 Å². The molecule has 7 nitrogen and oxygen atoms in total. The van der Waals surface area contributed by atoms with Crippen molar-refractivity contribution in [3.05, 3.63) is 53.0 Å². The SMILES string of the molecule is COc1ccc(CN(C)C(=O)CN2CCN(C(=O)c3cc(C)oc3C)CC2)cc1. The van der Waals surface area contributed by atoms with E-state index in [9.17, 15) is 9.59 Å². The van der Waals surface area contributed by atoms with Crippen molar-refractivity contribution < 1.29 is 18.7 Å². The van der Waals surface area contributed by atoms with Crippen LogP contribution < -0.4 is 4.74 Å². The Kier molecular flexibility index (Phi) is 6.59. The predicted octanol–water partition coefficient (Wildman–Crippen LogP) is 2.32. The number of hydrogen-bond acceptors (Lipinski definition) is 5. The second-order valence-corrected chi connectivity index (χ2v) is 7.49. The van der Waals surface area contributed by atoms with E-state index in [2.05, 4.69) is 4.90 Å². The summed E-state index contributed by atoms with van der Waals surface area (Å²) in [7, 11) is 3.45. The summed E-state index contributed by atoms with van der Waals surface area (Å²) in [5, 5.41) is 0. The van der Waals surface area contributed by atoms with Crippen LogP contribution >= 0.6 is 0 Å². The van der Waals surface area contributed by atoms with Gasteiger partial charge in [0.2, 0.25) is 5.91 Å². The van der Waals surface area contributed by atoms with Crippen LogP contribution in [0.2, 0.25) is 0 Å². The fourth-order valence-corrected chi connectivity index (χ4v) is 3.53. The number of carbonyl (C=O) groups excluding carboxylic acids is 2. The summed E-state index contributed by atoms with van der Waals surface area (Å²) in [5.41, 5.74) is 1.69. The molecule has 1 aliphatic heterocycles. The third-order valence-corrected chi connectivity index (χ3v) is 5.29. The molecule has 29 heavy (non-hydrogen) atoms. The molecule has 0 aliphatic carbocycles. The molecule has 2 aromatic rings. The van der Waals surface area contributed by atoms with Gasteiger partial charge in [-0.15, -0.1) is 0 Å². The molecular formula is C22H29N3O4. The fourth-order valence-electron chi connectivity index (χ4n) is 3.53. The molecule has 0 spiro atoms. The van der Waals surface area contributed by atoms with Gasteiger partial charge in [0.25, 0.3) is 5.91 Å². The molecule has 0 N–H and O–H groups in total. The van der Waals surface area contributed by atoms with Gasteiger partial charge in [-0.1, -0.05) is 12.1 Å². The zero-order valence-corrected chi connectivity index (χ0v) is 17.6. The Balaban J connectivity index is 1.47. The van der Waals surface area contributed by atoms with Crippen LogP contribution in [0.15, 0.2) is 34.7 Å². The average Bonchev–Trinajstić information content (AvgIpc) is 3.06. The number of hydrogen-bond donors (Lipinski definition) is 0. The summed E-state index contributed by atoms with van der Waals surface area (Å²) in [6.07, 6.45) is 0. The zero-order chi connectivity index (χ0) is 21.0. The number of amides is 2. The summed E-state index contributed by atoms with van der Waals surface area (Å²) < 4.78 is 10.6. The molecule has 1 aliphatic rings. The van der Waals surface area contributed by atoms with Crippen molar-refractivity contribution in [3.8, 4) is 5.75 Å². The van der Waals surface area contributed by atoms with Crippen molar-refractivity contribution in [3.63, 3.8) is 0 Å². The van der Waals surface area contributed by atoms with Crippen LogP contribution in [-0.2, 0) is 11.3 Å². The quantitative estimate of drug-likeness (QED) is 0.746. The first-order valence-electron chi connectivity index (χ1n) is 9.83. The number of rotatable bonds is 6. The summed E-state index contributed by atoms with van der Waals surface area (Å²) in [6, 6.07) is 9.51. The number of nitrogens with zero attached hydrogens (tertiary/aromatic N) is 3. The highest BCUT2D eigenvalue weighted by atomic mass is 16.5. The van der Waals surface area contributed by atoms with Crippen LogP contribution in [0.5, 0.6) is 5.75 Å². The summed E-state index contributed by atoms with van der Waals surface area (Å²) in [4.78, 5) is 30.9. The van der Waals surface area contributed by atoms with Crippen LogP contribution in [0.3, 0.4) is 0 Å². The molecule has 1 saturated heterocycles. The Labute approximate surface area is 171 Å². The number of piperazine rings is 1. The highest BCUT2D eigenvalue weighted by Gasteiger charge is 2.26. The van der Waals surface area contributed by atoms with Gasteiger partial charge >= 0.3 is 0 Å². The van der Waals surface area contributed by atoms with Crippen molar-refractivity contribution in [2.75, 3.05) is 46.9 Å². The van der Waals surface area contributed by atoms with Crippen molar-refractivity contribution >= 4 is 11.8 Å². The molecule has 0 saturated carbocycles. The summed E-state index contributed by atoms with van der Waals surface area (Å²) in [6.45, 7) is 7.16. The standard InChI is InChI=1S/C22H29N3O4/c1-16-13-20(17(2)29-16)22(27)25-11-9-24(10-12-25)15-21(26)23(3)14-18-5-7-19(28-4)8-6-18/h5-8,13H,9-12,14-15H2,1-4H3. The zero-order valence-electron chi connectivity index (χ0n) is 17.6. The van der Waals surface area contributed by atoms with E-state index in [-0.39, 0.29) is 11.8 Å². The minimum atomic E-state index is 0.00181. The lowest BCUT2D eigenvalue weighted by molar-refractivity contribution is -0.132. The van der Waals surface area contributed by atoms with E-state index in [1.54, 1.807) is 18.1 Å². The molecule has 3 rings (SSSR count). The maximum atomic E-state index is 12.7. The minimum absolute atomic E-state index is 0.00181. The number of furan rings is 1. The van der Waals surface area contributed by atoms with Crippen molar-refractivity contribution in [1.29, 1.82) is 0 Å². The Morgan fingerprint density at radius 3 is 2.31 bits per heavy atom. The van der Waals surface area contributed by atoms with Gasteiger partial charge in [0.1, 0.15) is 17.3 Å². The largest absolute Gasteiger partial charge is 0.497 e. The minimum Gasteiger partial charge on any atom is -0.497 e. The van der Waals surface area contributed by atoms with Crippen molar-refractivity contribution in [1.82, 2.24) is 14.7 Å². The van der Waals surface area contributed by atoms with Gasteiger partial charge in [-0.25, -0.2) is 0 Å². The van der Waals surface area contributed by atoms with E-state index < -0.39 is 0 Å². The first kappa shape index (κ1) is 20.9. The normalized spacial score (nSPS) is 14.7. The van der Waals surface area contributed by atoms with E-state index in [1.807, 2.05) is 50.1 Å². The molecule has 1 fully saturated rings. The Morgan fingerprint density at radius 1 is 1.10 bits per heavy atom. The van der Waals surface area contributed by atoms with E-state index in [4.69, 9.17) is 9.15 Å². The molecule has 0 atom stereocenters. The number of likely N-dealkylation sites (N-methyl/N-ethyl adjacent to an activating group) is 1. The van der Waals surface area contributed by atoms with Gasteiger partial charge in [0, 0.05) is 39.8 Å².